The molecule has 2 fully saturated rings. The quantitative estimate of drug-likeness (QED) is 0.121. The highest BCUT2D eigenvalue weighted by atomic mass is 28.4. The van der Waals surface area contributed by atoms with Gasteiger partial charge in [0, 0.05) is 24.2 Å². The Hall–Kier alpha value is -0.873. The van der Waals surface area contributed by atoms with Crippen molar-refractivity contribution in [3.8, 4) is 0 Å². The summed E-state index contributed by atoms with van der Waals surface area (Å²) in [5.74, 6) is -1.42. The number of rotatable bonds is 17. The molecule has 47 heavy (non-hydrogen) atoms. The Balaban J connectivity index is 2.32. The Labute approximate surface area is 289 Å². The lowest BCUT2D eigenvalue weighted by Gasteiger charge is -2.49. The lowest BCUT2D eigenvalue weighted by Crippen LogP contribution is -2.56. The zero-order valence-corrected chi connectivity index (χ0v) is 33.8. The summed E-state index contributed by atoms with van der Waals surface area (Å²) >= 11 is 0. The van der Waals surface area contributed by atoms with Crippen LogP contribution in [0.2, 0.25) is 18.1 Å². The van der Waals surface area contributed by atoms with Gasteiger partial charge >= 0.3 is 0 Å². The molecule has 11 atom stereocenters. The maximum atomic E-state index is 14.3. The summed E-state index contributed by atoms with van der Waals surface area (Å²) in [5.41, 5.74) is 2.31. The third-order valence-electron chi connectivity index (χ3n) is 11.3. The van der Waals surface area contributed by atoms with E-state index in [1.807, 2.05) is 41.5 Å². The molecular formula is C39H72O7Si. The molecule has 0 spiro atoms. The molecule has 0 unspecified atom stereocenters. The molecule has 2 saturated heterocycles. The molecule has 0 bridgehead atoms. The molecule has 2 rings (SSSR count). The van der Waals surface area contributed by atoms with Gasteiger partial charge < -0.3 is 28.5 Å². The molecule has 274 valence electrons. The van der Waals surface area contributed by atoms with Gasteiger partial charge in [-0.1, -0.05) is 79.2 Å². The molecule has 2 aliphatic rings. The lowest BCUT2D eigenvalue weighted by atomic mass is 9.78. The lowest BCUT2D eigenvalue weighted by molar-refractivity contribution is -0.337. The number of aliphatic hydroxyl groups excluding tert-OH is 1. The first-order valence-corrected chi connectivity index (χ1v) is 21.1. The molecule has 0 saturated carbocycles. The van der Waals surface area contributed by atoms with Crippen molar-refractivity contribution in [2.75, 3.05) is 0 Å². The van der Waals surface area contributed by atoms with Gasteiger partial charge in [-0.05, 0) is 91.3 Å². The largest absolute Gasteiger partial charge is 0.407 e. The van der Waals surface area contributed by atoms with E-state index < -0.39 is 32.1 Å². The number of Topliss-reactive ketones (excluding diaryl/α,β-unsaturated/α-hetero) is 1. The van der Waals surface area contributed by atoms with E-state index in [0.29, 0.717) is 6.42 Å². The summed E-state index contributed by atoms with van der Waals surface area (Å²) < 4.78 is 32.7. The number of ketones is 1. The maximum Gasteiger partial charge on any atom is 0.193 e. The Morgan fingerprint density at radius 1 is 0.851 bits per heavy atom. The first-order valence-electron chi connectivity index (χ1n) is 18.5. The van der Waals surface area contributed by atoms with Crippen LogP contribution >= 0.6 is 0 Å². The van der Waals surface area contributed by atoms with Gasteiger partial charge in [-0.25, -0.2) is 0 Å². The van der Waals surface area contributed by atoms with Crippen molar-refractivity contribution in [1.82, 2.24) is 0 Å². The molecule has 8 heteroatoms. The molecule has 1 N–H and O–H groups in total. The molecule has 0 aromatic rings. The Bertz CT molecular complexity index is 1040. The summed E-state index contributed by atoms with van der Waals surface area (Å²) in [6.07, 6.45) is 1.63. The van der Waals surface area contributed by atoms with Crippen molar-refractivity contribution in [1.29, 1.82) is 0 Å². The topological polar surface area (TPSA) is 83.5 Å². The van der Waals surface area contributed by atoms with E-state index in [2.05, 4.69) is 75.0 Å². The minimum absolute atomic E-state index is 0.0238. The van der Waals surface area contributed by atoms with E-state index >= 15 is 0 Å². The van der Waals surface area contributed by atoms with Crippen LogP contribution in [-0.2, 0) is 28.2 Å². The second-order valence-corrected chi connectivity index (χ2v) is 20.8. The van der Waals surface area contributed by atoms with E-state index in [-0.39, 0.29) is 66.2 Å². The average Bonchev–Trinajstić information content (AvgIpc) is 3.00. The standard InChI is InChI=1S/C39H72O7Si/c1-17-25(7)21-26(8)35-30(12)37(45-39(15,16)43-35)28(10)31(40)23-32(41)33(46-47(18-2,19-3)20-4)22-27(9)36-29(11)34(24(5)6)42-38(13,14)44-36/h17,26-31,33-37,40H,5,18-23H2,1-4,6-16H3/b25-17+/t26-,27-,28+,29-,30+,31+,33-,34-,35-,36-,37-/m0/s1. The van der Waals surface area contributed by atoms with Gasteiger partial charge in [-0.2, -0.15) is 0 Å². The van der Waals surface area contributed by atoms with Crippen molar-refractivity contribution in [2.24, 2.45) is 29.6 Å². The van der Waals surface area contributed by atoms with Crippen LogP contribution in [0, 0.1) is 29.6 Å². The molecule has 0 aromatic heterocycles. The number of carbonyl (C=O) groups excluding carboxylic acids is 1. The number of carbonyl (C=O) groups is 1. The third kappa shape index (κ3) is 11.1. The monoisotopic (exact) mass is 681 g/mol. The van der Waals surface area contributed by atoms with Crippen LogP contribution in [0.5, 0.6) is 0 Å². The summed E-state index contributed by atoms with van der Waals surface area (Å²) in [7, 11) is -2.14. The molecular weight excluding hydrogens is 609 g/mol. The van der Waals surface area contributed by atoms with Gasteiger partial charge in [0.1, 0.15) is 6.10 Å². The Morgan fingerprint density at radius 3 is 1.83 bits per heavy atom. The first-order chi connectivity index (χ1) is 21.7. The van der Waals surface area contributed by atoms with Crippen molar-refractivity contribution in [3.05, 3.63) is 23.8 Å². The molecule has 7 nitrogen and oxygen atoms in total. The van der Waals surface area contributed by atoms with Gasteiger partial charge in [-0.3, -0.25) is 4.79 Å². The van der Waals surface area contributed by atoms with Crippen LogP contribution in [0.1, 0.15) is 123 Å². The van der Waals surface area contributed by atoms with E-state index in [1.165, 1.54) is 5.57 Å². The number of hydrogen-bond donors (Lipinski definition) is 1. The van der Waals surface area contributed by atoms with Gasteiger partial charge in [-0.15, -0.1) is 0 Å². The number of ether oxygens (including phenoxy) is 4. The highest BCUT2D eigenvalue weighted by Gasteiger charge is 2.48. The zero-order valence-electron chi connectivity index (χ0n) is 32.8. The second-order valence-electron chi connectivity index (χ2n) is 16.1. The predicted octanol–water partition coefficient (Wildman–Crippen LogP) is 9.24. The highest BCUT2D eigenvalue weighted by Crippen LogP contribution is 2.41. The normalized spacial score (nSPS) is 31.4. The number of allylic oxidation sites excluding steroid dienone is 2. The average molecular weight is 681 g/mol. The minimum atomic E-state index is -2.14. The van der Waals surface area contributed by atoms with E-state index in [1.54, 1.807) is 0 Å². The molecule has 2 aliphatic heterocycles. The van der Waals surface area contributed by atoms with Crippen molar-refractivity contribution in [3.63, 3.8) is 0 Å². The van der Waals surface area contributed by atoms with Crippen LogP contribution in [0.25, 0.3) is 0 Å². The number of aliphatic hydroxyl groups is 1. The highest BCUT2D eigenvalue weighted by molar-refractivity contribution is 6.73. The van der Waals surface area contributed by atoms with Gasteiger partial charge in [0.15, 0.2) is 25.7 Å². The van der Waals surface area contributed by atoms with Crippen LogP contribution in [0.15, 0.2) is 23.8 Å². The Kier molecular flexibility index (Phi) is 15.6. The molecule has 0 aliphatic carbocycles. The molecule has 0 amide bonds. The van der Waals surface area contributed by atoms with E-state index in [0.717, 1.165) is 30.1 Å². The van der Waals surface area contributed by atoms with Gasteiger partial charge in [0.05, 0.1) is 30.5 Å². The van der Waals surface area contributed by atoms with Crippen LogP contribution < -0.4 is 0 Å². The zero-order chi connectivity index (χ0) is 36.1. The summed E-state index contributed by atoms with van der Waals surface area (Å²) in [6, 6.07) is 2.84. The van der Waals surface area contributed by atoms with E-state index in [9.17, 15) is 9.90 Å². The third-order valence-corrected chi connectivity index (χ3v) is 15.9. The second kappa shape index (κ2) is 17.4. The minimum Gasteiger partial charge on any atom is -0.407 e. The van der Waals surface area contributed by atoms with Crippen molar-refractivity contribution >= 4 is 14.1 Å². The van der Waals surface area contributed by atoms with Gasteiger partial charge in [0.2, 0.25) is 0 Å². The first kappa shape index (κ1) is 42.3. The van der Waals surface area contributed by atoms with Crippen LogP contribution in [-0.4, -0.2) is 67.4 Å². The van der Waals surface area contributed by atoms with Crippen LogP contribution in [0.3, 0.4) is 0 Å². The van der Waals surface area contributed by atoms with Crippen LogP contribution in [0.4, 0.5) is 0 Å². The SMILES string of the molecule is C=C(C)[C@@H]1OC(C)(C)O[C@@H]([C@@H](C)C[C@H](O[Si](CC)(CC)CC)C(=O)C[C@@H](O)[C@@H](C)[C@@H]2OC(C)(C)O[C@@H]([C@@H](C)C/C(C)=C/C)[C@H]2C)[C@H]1C. The molecule has 0 radical (unpaired) electrons. The maximum absolute atomic E-state index is 14.3. The summed E-state index contributed by atoms with van der Waals surface area (Å²) in [5, 5.41) is 11.7. The van der Waals surface area contributed by atoms with Gasteiger partial charge in [0.25, 0.3) is 0 Å². The van der Waals surface area contributed by atoms with E-state index in [4.69, 9.17) is 23.4 Å². The fourth-order valence-electron chi connectivity index (χ4n) is 8.04. The van der Waals surface area contributed by atoms with Crippen molar-refractivity contribution < 1.29 is 33.3 Å². The smallest absolute Gasteiger partial charge is 0.193 e. The Morgan fingerprint density at radius 2 is 1.34 bits per heavy atom. The fraction of sp³-hybridized carbons (Fsp3) is 0.872. The number of hydrogen-bond acceptors (Lipinski definition) is 7. The molecule has 0 aromatic carbocycles. The van der Waals surface area contributed by atoms with Crippen molar-refractivity contribution in [2.45, 2.75) is 189 Å². The summed E-state index contributed by atoms with van der Waals surface area (Å²) in [6.45, 7) is 35.5. The summed E-state index contributed by atoms with van der Waals surface area (Å²) in [4.78, 5) is 14.3. The predicted molar refractivity (Wildman–Crippen MR) is 195 cm³/mol. The molecule has 2 heterocycles. The fourth-order valence-corrected chi connectivity index (χ4v) is 10.9.